The molecular formula is C44H46GeN12O2. The van der Waals surface area contributed by atoms with Crippen molar-refractivity contribution in [1.82, 2.24) is 27.6 Å². The average Bonchev–Trinajstić information content (AvgIpc) is 3.99. The molecule has 1 N–H and O–H groups in total. The summed E-state index contributed by atoms with van der Waals surface area (Å²) < 4.78 is 20.4. The number of aliphatic imine (C=N–C) groups is 6. The van der Waals surface area contributed by atoms with E-state index in [2.05, 4.69) is 38.7 Å². The summed E-state index contributed by atoms with van der Waals surface area (Å²) in [6, 6.07) is 12.1. The first-order valence-corrected chi connectivity index (χ1v) is 25.1. The van der Waals surface area contributed by atoms with E-state index in [9.17, 15) is 0 Å². The zero-order chi connectivity index (χ0) is 39.2. The van der Waals surface area contributed by atoms with Crippen LogP contribution in [0.1, 0.15) is 107 Å². The predicted molar refractivity (Wildman–Crippen MR) is 230 cm³/mol. The van der Waals surface area contributed by atoms with Crippen LogP contribution in [0, 0.1) is 23.7 Å². The quantitative estimate of drug-likeness (QED) is 0.197. The van der Waals surface area contributed by atoms with Crippen molar-refractivity contribution in [3.05, 3.63) is 88.8 Å². The molecule has 0 saturated heterocycles. The van der Waals surface area contributed by atoms with Crippen LogP contribution in [0.2, 0.25) is 0 Å². The third-order valence-corrected chi connectivity index (χ3v) is 20.1. The molecule has 1 atom stereocenters. The molecule has 15 heteroatoms. The topological polar surface area (TPSA) is 151 Å². The number of fused-ring (bicyclic) bond motifs is 13. The van der Waals surface area contributed by atoms with Crippen molar-refractivity contribution in [2.24, 2.45) is 53.6 Å². The standard InChI is InChI=1S/C44H46GeN12O2/c1-25-11-15-27(16-12-25)23-58-45(59-24-28-17-13-26(2)14-18-28)56-42-31-9-5-21-48-35(31)43(56)52-37-29-7-3-19-46-33(29)39(50-37)54-41-32-10-6-22-49-36(32)44(57(41)45)53-38-30-8-4-20-47-34(30)40(51-38)55-42/h3,5-7,9-10,19-22,25-28,43H,4,8,11-18,23-24H2,1-2H3,(H,50,52,54). The van der Waals surface area contributed by atoms with Crippen molar-refractivity contribution >= 4 is 72.3 Å². The van der Waals surface area contributed by atoms with Crippen molar-refractivity contribution in [3.8, 4) is 0 Å². The number of hydrogen-bond donors (Lipinski definition) is 1. The van der Waals surface area contributed by atoms with E-state index in [0.717, 1.165) is 72.0 Å². The number of rotatable bonds is 6. The van der Waals surface area contributed by atoms with Gasteiger partial charge in [0, 0.05) is 0 Å². The van der Waals surface area contributed by atoms with E-state index in [4.69, 9.17) is 52.4 Å². The SMILES string of the molecule is CC1CCC(C[O][Ge]2([O]CC3CCC(C)CC3)[N]3C4=NC5=NC(=Nc6c7ncccc7c([n]62)N=C2N=C(NC3c3ncccc34)c3cccnc32)C2=C5N=CCC2)CC1. The summed E-state index contributed by atoms with van der Waals surface area (Å²) in [4.78, 5) is 47.0. The van der Waals surface area contributed by atoms with Gasteiger partial charge in [-0.3, -0.25) is 0 Å². The molecule has 2 saturated carbocycles. The molecule has 298 valence electrons. The Labute approximate surface area is 346 Å². The number of amidine groups is 5. The molecule has 0 amide bonds. The molecule has 2 fully saturated rings. The van der Waals surface area contributed by atoms with E-state index in [1.165, 1.54) is 25.7 Å². The van der Waals surface area contributed by atoms with E-state index < -0.39 is 20.6 Å². The third-order valence-electron chi connectivity index (χ3n) is 13.5. The van der Waals surface area contributed by atoms with E-state index in [0.29, 0.717) is 88.9 Å². The Balaban J connectivity index is 1.19. The van der Waals surface area contributed by atoms with Crippen LogP contribution in [-0.4, -0.2) is 85.3 Å². The minimum absolute atomic E-state index is 0.372. The Morgan fingerprint density at radius 1 is 0.712 bits per heavy atom. The van der Waals surface area contributed by atoms with Gasteiger partial charge in [-0.2, -0.15) is 0 Å². The normalized spacial score (nSPS) is 28.8. The van der Waals surface area contributed by atoms with Gasteiger partial charge in [-0.1, -0.05) is 0 Å². The molecule has 12 rings (SSSR count). The van der Waals surface area contributed by atoms with Crippen molar-refractivity contribution < 1.29 is 7.53 Å². The molecule has 0 aromatic carbocycles. The second-order valence-electron chi connectivity index (χ2n) is 17.4. The van der Waals surface area contributed by atoms with Crippen molar-refractivity contribution in [1.29, 1.82) is 0 Å². The minimum atomic E-state index is -4.98. The van der Waals surface area contributed by atoms with Gasteiger partial charge in [0.15, 0.2) is 0 Å². The van der Waals surface area contributed by atoms with Gasteiger partial charge in [-0.05, 0) is 0 Å². The molecule has 4 aromatic rings. The molecular weight excluding hydrogens is 801 g/mol. The fourth-order valence-corrected chi connectivity index (χ4v) is 17.6. The Morgan fingerprint density at radius 3 is 2.19 bits per heavy atom. The Bertz CT molecular complexity index is 2620. The van der Waals surface area contributed by atoms with Crippen molar-refractivity contribution in [3.63, 3.8) is 0 Å². The molecule has 0 radical (unpaired) electrons. The number of aromatic nitrogens is 4. The van der Waals surface area contributed by atoms with Crippen molar-refractivity contribution in [2.45, 2.75) is 84.2 Å². The van der Waals surface area contributed by atoms with E-state index >= 15 is 0 Å². The predicted octanol–water partition coefficient (Wildman–Crippen LogP) is 7.57. The fraction of sp³-hybridized carbons (Fsp3) is 0.432. The second kappa shape index (κ2) is 14.0. The first-order chi connectivity index (χ1) is 29.0. The number of nitrogens with one attached hydrogen (secondary N) is 1. The van der Waals surface area contributed by atoms with E-state index in [1.807, 2.05) is 42.9 Å². The van der Waals surface area contributed by atoms with Crippen LogP contribution in [0.15, 0.2) is 96.2 Å². The zero-order valence-corrected chi connectivity index (χ0v) is 35.5. The molecule has 0 spiro atoms. The van der Waals surface area contributed by atoms with Gasteiger partial charge >= 0.3 is 347 Å². The van der Waals surface area contributed by atoms with Gasteiger partial charge in [0.2, 0.25) is 0 Å². The molecule has 6 bridgehead atoms. The van der Waals surface area contributed by atoms with Gasteiger partial charge in [-0.25, -0.2) is 0 Å². The molecule has 59 heavy (non-hydrogen) atoms. The van der Waals surface area contributed by atoms with Crippen LogP contribution < -0.4 is 5.32 Å². The Morgan fingerprint density at radius 2 is 1.41 bits per heavy atom. The average molecular weight is 848 g/mol. The van der Waals surface area contributed by atoms with Gasteiger partial charge in [-0.15, -0.1) is 0 Å². The van der Waals surface area contributed by atoms with Crippen LogP contribution in [0.4, 0.5) is 11.6 Å². The Kier molecular flexibility index (Phi) is 8.45. The molecule has 2 aliphatic carbocycles. The first kappa shape index (κ1) is 35.7. The summed E-state index contributed by atoms with van der Waals surface area (Å²) in [5.41, 5.74) is 5.68. The molecule has 14 nitrogen and oxygen atoms in total. The van der Waals surface area contributed by atoms with E-state index in [1.54, 1.807) is 6.20 Å². The second-order valence-corrected chi connectivity index (χ2v) is 22.9. The van der Waals surface area contributed by atoms with Gasteiger partial charge < -0.3 is 0 Å². The maximum atomic E-state index is 7.91. The molecule has 6 aliphatic heterocycles. The van der Waals surface area contributed by atoms with Gasteiger partial charge in [0.25, 0.3) is 0 Å². The summed E-state index contributed by atoms with van der Waals surface area (Å²) in [6.45, 7) is 5.80. The van der Waals surface area contributed by atoms with Gasteiger partial charge in [0.05, 0.1) is 0 Å². The monoisotopic (exact) mass is 848 g/mol. The molecule has 10 heterocycles. The van der Waals surface area contributed by atoms with Gasteiger partial charge in [0.1, 0.15) is 0 Å². The summed E-state index contributed by atoms with van der Waals surface area (Å²) in [7, 11) is 0. The number of hydrogen-bond acceptors (Lipinski definition) is 13. The maximum absolute atomic E-state index is 7.91. The summed E-state index contributed by atoms with van der Waals surface area (Å²) in [5.74, 6) is 6.39. The summed E-state index contributed by atoms with van der Waals surface area (Å²) in [5, 5.41) is 4.72. The fourth-order valence-electron chi connectivity index (χ4n) is 10.2. The van der Waals surface area contributed by atoms with Crippen LogP contribution in [0.5, 0.6) is 0 Å². The molecule has 8 aliphatic rings. The molecule has 1 unspecified atom stereocenters. The molecule has 4 aromatic heterocycles. The van der Waals surface area contributed by atoms with Crippen LogP contribution >= 0.6 is 0 Å². The van der Waals surface area contributed by atoms with E-state index in [-0.39, 0.29) is 0 Å². The van der Waals surface area contributed by atoms with Crippen LogP contribution in [0.25, 0.3) is 10.9 Å². The number of pyridine rings is 3. The zero-order valence-electron chi connectivity index (χ0n) is 33.4. The number of nitrogens with zero attached hydrogens (tertiary/aromatic N) is 11. The van der Waals surface area contributed by atoms with Crippen LogP contribution in [-0.2, 0) is 7.53 Å². The Hall–Kier alpha value is -5.19. The van der Waals surface area contributed by atoms with Crippen LogP contribution in [0.3, 0.4) is 0 Å². The summed E-state index contributed by atoms with van der Waals surface area (Å²) in [6.07, 6.45) is 17.6. The summed E-state index contributed by atoms with van der Waals surface area (Å²) >= 11 is -4.98. The first-order valence-electron chi connectivity index (χ1n) is 21.5. The third kappa shape index (κ3) is 5.69. The van der Waals surface area contributed by atoms with Crippen molar-refractivity contribution in [2.75, 3.05) is 13.2 Å².